The van der Waals surface area contributed by atoms with Crippen LogP contribution in [0.4, 0.5) is 5.69 Å². The molecule has 0 heterocycles. The number of rotatable bonds is 7. The van der Waals surface area contributed by atoms with Crippen LogP contribution in [0.1, 0.15) is 30.1 Å². The molecular weight excluding hydrogens is 258 g/mol. The molecule has 0 saturated heterocycles. The minimum Gasteiger partial charge on any atom is -0.462 e. The number of carbonyl (C=O) groups is 2. The highest BCUT2D eigenvalue weighted by atomic mass is 16.5. The molecule has 0 aliphatic rings. The second kappa shape index (κ2) is 7.99. The Bertz CT molecular complexity index is 479. The highest BCUT2D eigenvalue weighted by molar-refractivity contribution is 5.89. The lowest BCUT2D eigenvalue weighted by Crippen LogP contribution is -2.09. The number of nitrogens with two attached hydrogens (primary N) is 1. The molecule has 1 aromatic carbocycles. The number of anilines is 1. The first-order chi connectivity index (χ1) is 9.50. The van der Waals surface area contributed by atoms with E-state index in [1.165, 1.54) is 0 Å². The van der Waals surface area contributed by atoms with Gasteiger partial charge in [0, 0.05) is 11.3 Å². The summed E-state index contributed by atoms with van der Waals surface area (Å²) in [7, 11) is 0. The fraction of sp³-hybridized carbons (Fsp3) is 0.333. The van der Waals surface area contributed by atoms with Crippen molar-refractivity contribution in [2.24, 2.45) is 0 Å². The third-order valence-electron chi connectivity index (χ3n) is 2.50. The van der Waals surface area contributed by atoms with Crippen molar-refractivity contribution >= 4 is 17.6 Å². The molecule has 0 radical (unpaired) electrons. The van der Waals surface area contributed by atoms with E-state index in [2.05, 4.69) is 6.58 Å². The SMILES string of the molecule is C=C(C)C(=O)OCCCCOC(=O)c1ccc(N)cc1. The maximum absolute atomic E-state index is 11.6. The van der Waals surface area contributed by atoms with Gasteiger partial charge >= 0.3 is 11.9 Å². The first kappa shape index (κ1) is 15.8. The van der Waals surface area contributed by atoms with E-state index in [1.54, 1.807) is 31.2 Å². The quantitative estimate of drug-likeness (QED) is 0.358. The third-order valence-corrected chi connectivity index (χ3v) is 2.50. The Balaban J connectivity index is 2.15. The topological polar surface area (TPSA) is 78.6 Å². The van der Waals surface area contributed by atoms with Crippen LogP contribution in [0.5, 0.6) is 0 Å². The Kier molecular flexibility index (Phi) is 6.29. The van der Waals surface area contributed by atoms with Crippen LogP contribution < -0.4 is 5.73 Å². The molecule has 0 spiro atoms. The molecule has 0 fully saturated rings. The van der Waals surface area contributed by atoms with Crippen molar-refractivity contribution in [3.05, 3.63) is 42.0 Å². The van der Waals surface area contributed by atoms with Gasteiger partial charge in [-0.25, -0.2) is 9.59 Å². The second-order valence-electron chi connectivity index (χ2n) is 4.38. The largest absolute Gasteiger partial charge is 0.462 e. The standard InChI is InChI=1S/C15H19NO4/c1-11(2)14(17)19-9-3-4-10-20-15(18)12-5-7-13(16)8-6-12/h5-8H,1,3-4,9-10,16H2,2H3. The van der Waals surface area contributed by atoms with Gasteiger partial charge in [0.1, 0.15) is 0 Å². The number of benzene rings is 1. The fourth-order valence-corrected chi connectivity index (χ4v) is 1.36. The Morgan fingerprint density at radius 2 is 1.65 bits per heavy atom. The number of hydrogen-bond acceptors (Lipinski definition) is 5. The molecule has 0 amide bonds. The monoisotopic (exact) mass is 277 g/mol. The zero-order valence-corrected chi connectivity index (χ0v) is 11.6. The first-order valence-corrected chi connectivity index (χ1v) is 6.36. The Morgan fingerprint density at radius 3 is 2.20 bits per heavy atom. The van der Waals surface area contributed by atoms with Gasteiger partial charge in [-0.05, 0) is 44.0 Å². The average molecular weight is 277 g/mol. The normalized spacial score (nSPS) is 9.85. The first-order valence-electron chi connectivity index (χ1n) is 6.36. The number of unbranched alkanes of at least 4 members (excludes halogenated alkanes) is 1. The van der Waals surface area contributed by atoms with Gasteiger partial charge in [0.25, 0.3) is 0 Å². The van der Waals surface area contributed by atoms with Crippen LogP contribution in [0, 0.1) is 0 Å². The second-order valence-corrected chi connectivity index (χ2v) is 4.38. The summed E-state index contributed by atoms with van der Waals surface area (Å²) in [5.41, 5.74) is 6.97. The van der Waals surface area contributed by atoms with Crippen LogP contribution in [-0.4, -0.2) is 25.2 Å². The molecule has 108 valence electrons. The Hall–Kier alpha value is -2.30. The van der Waals surface area contributed by atoms with Crippen molar-refractivity contribution in [1.29, 1.82) is 0 Å². The molecule has 0 atom stereocenters. The lowest BCUT2D eigenvalue weighted by atomic mass is 10.2. The summed E-state index contributed by atoms with van der Waals surface area (Å²) in [6.07, 6.45) is 1.26. The third kappa shape index (κ3) is 5.56. The molecule has 0 unspecified atom stereocenters. The van der Waals surface area contributed by atoms with Crippen LogP contribution >= 0.6 is 0 Å². The van der Waals surface area contributed by atoms with E-state index in [4.69, 9.17) is 15.2 Å². The number of esters is 2. The fourth-order valence-electron chi connectivity index (χ4n) is 1.36. The van der Waals surface area contributed by atoms with Gasteiger partial charge in [0.05, 0.1) is 18.8 Å². The summed E-state index contributed by atoms with van der Waals surface area (Å²) >= 11 is 0. The van der Waals surface area contributed by atoms with Crippen molar-refractivity contribution in [2.75, 3.05) is 18.9 Å². The van der Waals surface area contributed by atoms with E-state index in [1.807, 2.05) is 0 Å². The molecule has 0 aromatic heterocycles. The highest BCUT2D eigenvalue weighted by Crippen LogP contribution is 2.07. The molecule has 5 heteroatoms. The molecule has 0 bridgehead atoms. The molecule has 0 saturated carbocycles. The van der Waals surface area contributed by atoms with Crippen molar-refractivity contribution in [2.45, 2.75) is 19.8 Å². The molecule has 0 aliphatic heterocycles. The number of hydrogen-bond donors (Lipinski definition) is 1. The van der Waals surface area contributed by atoms with Crippen LogP contribution in [-0.2, 0) is 14.3 Å². The molecule has 5 nitrogen and oxygen atoms in total. The predicted molar refractivity (Wildman–Crippen MR) is 76.1 cm³/mol. The van der Waals surface area contributed by atoms with Crippen LogP contribution in [0.15, 0.2) is 36.4 Å². The van der Waals surface area contributed by atoms with Gasteiger partial charge in [0.2, 0.25) is 0 Å². The van der Waals surface area contributed by atoms with E-state index >= 15 is 0 Å². The van der Waals surface area contributed by atoms with Crippen molar-refractivity contribution in [3.8, 4) is 0 Å². The lowest BCUT2D eigenvalue weighted by molar-refractivity contribution is -0.139. The van der Waals surface area contributed by atoms with Gasteiger partial charge < -0.3 is 15.2 Å². The minimum atomic E-state index is -0.399. The summed E-state index contributed by atoms with van der Waals surface area (Å²) in [6.45, 7) is 5.66. The minimum absolute atomic E-state index is 0.286. The zero-order chi connectivity index (χ0) is 15.0. The lowest BCUT2D eigenvalue weighted by Gasteiger charge is -2.06. The van der Waals surface area contributed by atoms with Crippen molar-refractivity contribution in [1.82, 2.24) is 0 Å². The van der Waals surface area contributed by atoms with Gasteiger partial charge in [0.15, 0.2) is 0 Å². The van der Waals surface area contributed by atoms with Crippen LogP contribution in [0.2, 0.25) is 0 Å². The van der Waals surface area contributed by atoms with Gasteiger partial charge in [-0.15, -0.1) is 0 Å². The van der Waals surface area contributed by atoms with Gasteiger partial charge in [-0.2, -0.15) is 0 Å². The van der Waals surface area contributed by atoms with Crippen LogP contribution in [0.3, 0.4) is 0 Å². The van der Waals surface area contributed by atoms with E-state index < -0.39 is 5.97 Å². The highest BCUT2D eigenvalue weighted by Gasteiger charge is 2.06. The molecule has 0 aliphatic carbocycles. The maximum atomic E-state index is 11.6. The average Bonchev–Trinajstić information content (AvgIpc) is 2.42. The summed E-state index contributed by atoms with van der Waals surface area (Å²) < 4.78 is 10.0. The summed E-state index contributed by atoms with van der Waals surface area (Å²) in [4.78, 5) is 22.7. The van der Waals surface area contributed by atoms with Crippen molar-refractivity contribution < 1.29 is 19.1 Å². The van der Waals surface area contributed by atoms with E-state index in [0.717, 1.165) is 0 Å². The number of carbonyl (C=O) groups excluding carboxylic acids is 2. The summed E-state index contributed by atoms with van der Waals surface area (Å²) in [6, 6.07) is 6.53. The smallest absolute Gasteiger partial charge is 0.338 e. The molecule has 1 rings (SSSR count). The van der Waals surface area contributed by atoms with Gasteiger partial charge in [-0.3, -0.25) is 0 Å². The molecule has 1 aromatic rings. The predicted octanol–water partition coefficient (Wildman–Crippen LogP) is 2.33. The Morgan fingerprint density at radius 1 is 1.10 bits per heavy atom. The molecule has 2 N–H and O–H groups in total. The van der Waals surface area contributed by atoms with E-state index in [9.17, 15) is 9.59 Å². The van der Waals surface area contributed by atoms with Gasteiger partial charge in [-0.1, -0.05) is 6.58 Å². The molecular formula is C15H19NO4. The van der Waals surface area contributed by atoms with Crippen LogP contribution in [0.25, 0.3) is 0 Å². The molecule has 20 heavy (non-hydrogen) atoms. The maximum Gasteiger partial charge on any atom is 0.338 e. The summed E-state index contributed by atoms with van der Waals surface area (Å²) in [5, 5.41) is 0. The van der Waals surface area contributed by atoms with E-state index in [-0.39, 0.29) is 12.6 Å². The number of ether oxygens (including phenoxy) is 2. The van der Waals surface area contributed by atoms with E-state index in [0.29, 0.717) is 36.3 Å². The summed E-state index contributed by atoms with van der Waals surface area (Å²) in [5.74, 6) is -0.784. The van der Waals surface area contributed by atoms with Crippen molar-refractivity contribution in [3.63, 3.8) is 0 Å². The number of nitrogen functional groups attached to an aromatic ring is 1. The Labute approximate surface area is 118 Å². The zero-order valence-electron chi connectivity index (χ0n) is 11.6.